The maximum atomic E-state index is 11.8. The van der Waals surface area contributed by atoms with E-state index in [4.69, 9.17) is 23.2 Å². The van der Waals surface area contributed by atoms with Crippen molar-refractivity contribution in [3.63, 3.8) is 0 Å². The van der Waals surface area contributed by atoms with Crippen LogP contribution in [-0.2, 0) is 9.59 Å². The molecular weight excluding hydrogens is 251 g/mol. The smallest absolute Gasteiger partial charge is 0.230 e. The van der Waals surface area contributed by atoms with Crippen LogP contribution in [0.25, 0.3) is 0 Å². The third-order valence-corrected chi connectivity index (χ3v) is 3.90. The molecule has 16 heavy (non-hydrogen) atoms. The van der Waals surface area contributed by atoms with Crippen molar-refractivity contribution in [2.45, 2.75) is 12.1 Å². The van der Waals surface area contributed by atoms with Crippen LogP contribution in [-0.4, -0.2) is 23.9 Å². The minimum absolute atomic E-state index is 0.228. The van der Waals surface area contributed by atoms with Crippen LogP contribution in [0.5, 0.6) is 0 Å². The van der Waals surface area contributed by atoms with E-state index in [9.17, 15) is 9.59 Å². The molecule has 5 aliphatic heterocycles. The van der Waals surface area contributed by atoms with Gasteiger partial charge in [-0.15, -0.1) is 0 Å². The predicted octanol–water partition coefficient (Wildman–Crippen LogP) is 0.475. The van der Waals surface area contributed by atoms with E-state index >= 15 is 0 Å². The van der Waals surface area contributed by atoms with Crippen LogP contribution < -0.4 is 10.6 Å². The zero-order valence-electron chi connectivity index (χ0n) is 8.04. The zero-order valence-corrected chi connectivity index (χ0v) is 9.55. The first-order valence-corrected chi connectivity index (χ1v) is 5.68. The monoisotopic (exact) mass is 258 g/mol. The van der Waals surface area contributed by atoms with Gasteiger partial charge in [-0.25, -0.2) is 0 Å². The van der Waals surface area contributed by atoms with Gasteiger partial charge in [0.15, 0.2) is 0 Å². The van der Waals surface area contributed by atoms with Crippen molar-refractivity contribution in [2.75, 3.05) is 0 Å². The van der Waals surface area contributed by atoms with E-state index in [-0.39, 0.29) is 23.9 Å². The van der Waals surface area contributed by atoms with Crippen LogP contribution in [0.1, 0.15) is 0 Å². The molecule has 0 saturated carbocycles. The van der Waals surface area contributed by atoms with Gasteiger partial charge in [0.2, 0.25) is 11.8 Å². The van der Waals surface area contributed by atoms with Crippen molar-refractivity contribution in [1.29, 1.82) is 0 Å². The number of hydrogen-bond acceptors (Lipinski definition) is 2. The van der Waals surface area contributed by atoms with Gasteiger partial charge in [0, 0.05) is 10.1 Å². The number of halogens is 2. The molecule has 0 radical (unpaired) electrons. The van der Waals surface area contributed by atoms with Gasteiger partial charge >= 0.3 is 0 Å². The Hall–Kier alpha value is -1.00. The maximum absolute atomic E-state index is 11.8. The highest BCUT2D eigenvalue weighted by molar-refractivity contribution is 6.35. The number of carbonyl (C=O) groups is 2. The molecule has 6 aliphatic rings. The Morgan fingerprint density at radius 2 is 1.25 bits per heavy atom. The lowest BCUT2D eigenvalue weighted by molar-refractivity contribution is -0.135. The van der Waals surface area contributed by atoms with Crippen LogP contribution in [0.3, 0.4) is 0 Å². The third-order valence-electron chi connectivity index (χ3n) is 3.17. The molecule has 6 heteroatoms. The van der Waals surface area contributed by atoms with Crippen molar-refractivity contribution < 1.29 is 9.59 Å². The van der Waals surface area contributed by atoms with Crippen molar-refractivity contribution >= 4 is 35.0 Å². The highest BCUT2D eigenvalue weighted by Crippen LogP contribution is 2.39. The molecule has 1 fully saturated rings. The molecule has 1 saturated heterocycles. The average molecular weight is 259 g/mol. The van der Waals surface area contributed by atoms with Crippen molar-refractivity contribution in [1.82, 2.24) is 10.6 Å². The number of amides is 2. The van der Waals surface area contributed by atoms with Gasteiger partial charge in [0.05, 0.1) is 23.9 Å². The minimum atomic E-state index is -0.692. The Morgan fingerprint density at radius 1 is 0.875 bits per heavy atom. The number of carbonyl (C=O) groups excluding carboxylic acids is 2. The first-order valence-electron chi connectivity index (χ1n) is 4.93. The Labute approximate surface area is 102 Å². The summed E-state index contributed by atoms with van der Waals surface area (Å²) in [6.45, 7) is 0. The fraction of sp³-hybridized carbons (Fsp3) is 0.400. The highest BCUT2D eigenvalue weighted by Gasteiger charge is 2.48. The standard InChI is InChI=1S/C10H8Cl2N2O2/c11-3-1-5-6-2-4(12)8(10(16)14-6)7(3)9(15)13-5/h1-2,5-8H,(H,13,15)(H,14,16)/t5-,6+,7+,8-. The third kappa shape index (κ3) is 1.23. The largest absolute Gasteiger partial charge is 0.347 e. The van der Waals surface area contributed by atoms with Crippen LogP contribution in [0.15, 0.2) is 22.2 Å². The first-order chi connectivity index (χ1) is 7.58. The normalized spacial score (nSPS) is 40.6. The summed E-state index contributed by atoms with van der Waals surface area (Å²) in [5.74, 6) is -1.84. The molecule has 6 rings (SSSR count). The maximum Gasteiger partial charge on any atom is 0.230 e. The molecule has 0 spiro atoms. The first kappa shape index (κ1) is 10.2. The van der Waals surface area contributed by atoms with Gasteiger partial charge in [-0.05, 0) is 12.2 Å². The zero-order chi connectivity index (χ0) is 11.4. The highest BCUT2D eigenvalue weighted by atomic mass is 35.5. The summed E-state index contributed by atoms with van der Waals surface area (Å²) in [5, 5.41) is 6.42. The molecule has 0 aromatic rings. The van der Waals surface area contributed by atoms with Gasteiger partial charge in [-0.2, -0.15) is 0 Å². The number of nitrogens with one attached hydrogen (secondary N) is 2. The summed E-state index contributed by atoms with van der Waals surface area (Å²) in [6, 6.07) is -0.620. The molecule has 4 nitrogen and oxygen atoms in total. The molecule has 0 aromatic carbocycles. The van der Waals surface area contributed by atoms with Crippen molar-refractivity contribution in [2.24, 2.45) is 11.8 Å². The SMILES string of the molecule is O=C1N[C@H]2C=C(Cl)[C@@H]1[C@H]1C(=O)N[C@@H]2C=C1Cl. The average Bonchev–Trinajstić information content (AvgIpc) is 2.18. The van der Waals surface area contributed by atoms with Gasteiger partial charge < -0.3 is 10.6 Å². The van der Waals surface area contributed by atoms with Gasteiger partial charge in [-0.3, -0.25) is 9.59 Å². The predicted molar refractivity (Wildman–Crippen MR) is 58.7 cm³/mol. The van der Waals surface area contributed by atoms with Crippen LogP contribution in [0, 0.1) is 11.8 Å². The second-order valence-corrected chi connectivity index (χ2v) is 5.00. The molecule has 0 aromatic heterocycles. The Morgan fingerprint density at radius 3 is 1.56 bits per heavy atom. The molecule has 4 bridgehead atoms. The molecule has 84 valence electrons. The molecule has 0 unspecified atom stereocenters. The van der Waals surface area contributed by atoms with E-state index in [1.807, 2.05) is 0 Å². The fourth-order valence-corrected chi connectivity index (χ4v) is 3.12. The van der Waals surface area contributed by atoms with E-state index in [1.165, 1.54) is 0 Å². The molecule has 5 heterocycles. The summed E-state index contributed by atoms with van der Waals surface area (Å²) < 4.78 is 0. The van der Waals surface area contributed by atoms with E-state index in [0.717, 1.165) is 0 Å². The topological polar surface area (TPSA) is 58.2 Å². The Bertz CT molecular complexity index is 416. The number of hydrogen-bond donors (Lipinski definition) is 2. The Balaban J connectivity index is 2.20. The van der Waals surface area contributed by atoms with Crippen LogP contribution in [0.2, 0.25) is 0 Å². The van der Waals surface area contributed by atoms with E-state index in [2.05, 4.69) is 10.6 Å². The molecule has 1 aliphatic carbocycles. The summed E-state index contributed by atoms with van der Waals surface area (Å²) in [6.07, 6.45) is 3.54. The minimum Gasteiger partial charge on any atom is -0.347 e. The van der Waals surface area contributed by atoms with Gasteiger partial charge in [0.25, 0.3) is 0 Å². The lowest BCUT2D eigenvalue weighted by Gasteiger charge is -2.41. The van der Waals surface area contributed by atoms with E-state index in [0.29, 0.717) is 10.1 Å². The summed E-state index contributed by atoms with van der Waals surface area (Å²) >= 11 is 12.1. The molecule has 2 N–H and O–H groups in total. The fourth-order valence-electron chi connectivity index (χ4n) is 2.40. The second-order valence-electron chi connectivity index (χ2n) is 4.13. The lowest BCUT2D eigenvalue weighted by atomic mass is 9.79. The molecule has 2 amide bonds. The van der Waals surface area contributed by atoms with E-state index in [1.54, 1.807) is 12.2 Å². The van der Waals surface area contributed by atoms with E-state index < -0.39 is 11.8 Å². The summed E-state index contributed by atoms with van der Waals surface area (Å²) in [5.41, 5.74) is 0. The lowest BCUT2D eigenvalue weighted by Crippen LogP contribution is -2.62. The van der Waals surface area contributed by atoms with Crippen LogP contribution >= 0.6 is 23.2 Å². The molecule has 4 atom stereocenters. The number of rotatable bonds is 0. The van der Waals surface area contributed by atoms with Crippen LogP contribution in [0.4, 0.5) is 0 Å². The quantitative estimate of drug-likeness (QED) is 0.664. The van der Waals surface area contributed by atoms with Crippen molar-refractivity contribution in [3.8, 4) is 0 Å². The summed E-state index contributed by atoms with van der Waals surface area (Å²) in [7, 11) is 0. The van der Waals surface area contributed by atoms with Gasteiger partial charge in [-0.1, -0.05) is 23.2 Å². The summed E-state index contributed by atoms with van der Waals surface area (Å²) in [4.78, 5) is 23.6. The second kappa shape index (κ2) is 3.25. The molecular formula is C10H8Cl2N2O2. The van der Waals surface area contributed by atoms with Crippen molar-refractivity contribution in [3.05, 3.63) is 22.2 Å². The Kier molecular flexibility index (Phi) is 2.06. The van der Waals surface area contributed by atoms with Gasteiger partial charge in [0.1, 0.15) is 0 Å².